The fraction of sp³-hybridized carbons (Fsp3) is 0.176. The Bertz CT molecular complexity index is 735. The molecule has 1 aromatic heterocycles. The molecule has 1 N–H and O–H groups in total. The highest BCUT2D eigenvalue weighted by molar-refractivity contribution is 7.19. The summed E-state index contributed by atoms with van der Waals surface area (Å²) in [6.07, 6.45) is 0. The van der Waals surface area contributed by atoms with E-state index < -0.39 is 0 Å². The van der Waals surface area contributed by atoms with E-state index in [1.54, 1.807) is 7.11 Å². The molecule has 2 aromatic carbocycles. The molecule has 0 amide bonds. The van der Waals surface area contributed by atoms with E-state index in [1.807, 2.05) is 29.5 Å². The lowest BCUT2D eigenvalue weighted by Crippen LogP contribution is -2.04. The summed E-state index contributed by atoms with van der Waals surface area (Å²) in [6.45, 7) is 2.16. The summed E-state index contributed by atoms with van der Waals surface area (Å²) in [4.78, 5) is 1.31. The second-order valence-corrected chi connectivity index (χ2v) is 6.42. The first-order valence-electron chi connectivity index (χ1n) is 6.76. The van der Waals surface area contributed by atoms with Gasteiger partial charge >= 0.3 is 0 Å². The number of nitrogens with one attached hydrogen (secondary N) is 1. The minimum atomic E-state index is 0.229. The normalized spacial score (nSPS) is 12.3. The quantitative estimate of drug-likeness (QED) is 0.663. The molecular formula is C17H16ClNOS. The fourth-order valence-corrected chi connectivity index (χ4v) is 3.62. The third-order valence-corrected chi connectivity index (χ3v) is 5.00. The molecule has 3 rings (SSSR count). The van der Waals surface area contributed by atoms with Gasteiger partial charge in [-0.1, -0.05) is 29.8 Å². The third-order valence-electron chi connectivity index (χ3n) is 3.41. The van der Waals surface area contributed by atoms with Crippen molar-refractivity contribution in [1.82, 2.24) is 0 Å². The highest BCUT2D eigenvalue weighted by atomic mass is 35.5. The lowest BCUT2D eigenvalue weighted by Gasteiger charge is -2.14. The minimum absolute atomic E-state index is 0.229. The molecule has 1 heterocycles. The van der Waals surface area contributed by atoms with Crippen LogP contribution in [0.1, 0.15) is 17.8 Å². The smallest absolute Gasteiger partial charge is 0.137 e. The van der Waals surface area contributed by atoms with Gasteiger partial charge < -0.3 is 10.1 Å². The number of ether oxygens (including phenoxy) is 1. The van der Waals surface area contributed by atoms with Crippen LogP contribution in [-0.2, 0) is 0 Å². The Hall–Kier alpha value is -1.71. The molecular weight excluding hydrogens is 302 g/mol. The summed E-state index contributed by atoms with van der Waals surface area (Å²) in [5.41, 5.74) is 0.991. The van der Waals surface area contributed by atoms with Crippen LogP contribution in [0.2, 0.25) is 5.02 Å². The molecule has 108 valence electrons. The van der Waals surface area contributed by atoms with Crippen molar-refractivity contribution in [3.05, 3.63) is 58.4 Å². The number of thiophene rings is 1. The van der Waals surface area contributed by atoms with Crippen LogP contribution >= 0.6 is 22.9 Å². The van der Waals surface area contributed by atoms with Crippen molar-refractivity contribution in [1.29, 1.82) is 0 Å². The highest BCUT2D eigenvalue weighted by Gasteiger charge is 2.10. The van der Waals surface area contributed by atoms with Crippen molar-refractivity contribution in [3.8, 4) is 5.75 Å². The lowest BCUT2D eigenvalue weighted by atomic mass is 10.2. The molecule has 3 aromatic rings. The topological polar surface area (TPSA) is 21.3 Å². The van der Waals surface area contributed by atoms with Crippen molar-refractivity contribution in [2.75, 3.05) is 12.4 Å². The van der Waals surface area contributed by atoms with Crippen molar-refractivity contribution >= 4 is 38.7 Å². The standard InChI is InChI=1S/C17H16ClNOS/c1-11(17-9-12-5-3-4-6-16(12)21-17)19-13-7-8-15(20-2)14(18)10-13/h3-11,19H,1-2H3. The van der Waals surface area contributed by atoms with E-state index in [9.17, 15) is 0 Å². The zero-order valence-corrected chi connectivity index (χ0v) is 13.5. The van der Waals surface area contributed by atoms with Gasteiger partial charge in [-0.05, 0) is 42.6 Å². The fourth-order valence-electron chi connectivity index (χ4n) is 2.29. The van der Waals surface area contributed by atoms with Gasteiger partial charge in [-0.3, -0.25) is 0 Å². The summed E-state index contributed by atoms with van der Waals surface area (Å²) in [5.74, 6) is 0.691. The zero-order valence-electron chi connectivity index (χ0n) is 11.9. The van der Waals surface area contributed by atoms with Crippen molar-refractivity contribution < 1.29 is 4.74 Å². The number of rotatable bonds is 4. The molecule has 0 aliphatic rings. The number of hydrogen-bond acceptors (Lipinski definition) is 3. The molecule has 0 saturated heterocycles. The van der Waals surface area contributed by atoms with Crippen molar-refractivity contribution in [3.63, 3.8) is 0 Å². The molecule has 4 heteroatoms. The molecule has 0 spiro atoms. The number of anilines is 1. The third kappa shape index (κ3) is 2.99. The van der Waals surface area contributed by atoms with E-state index in [0.717, 1.165) is 5.69 Å². The van der Waals surface area contributed by atoms with Crippen LogP contribution in [0.25, 0.3) is 10.1 Å². The van der Waals surface area contributed by atoms with Gasteiger partial charge in [0.2, 0.25) is 0 Å². The van der Waals surface area contributed by atoms with E-state index in [2.05, 4.69) is 42.6 Å². The van der Waals surface area contributed by atoms with Gasteiger partial charge in [0, 0.05) is 15.3 Å². The van der Waals surface area contributed by atoms with Gasteiger partial charge in [-0.2, -0.15) is 0 Å². The van der Waals surface area contributed by atoms with Gasteiger partial charge in [0.1, 0.15) is 5.75 Å². The first-order chi connectivity index (χ1) is 10.2. The first-order valence-corrected chi connectivity index (χ1v) is 7.95. The Morgan fingerprint density at radius 1 is 1.14 bits per heavy atom. The van der Waals surface area contributed by atoms with Gasteiger partial charge in [-0.15, -0.1) is 11.3 Å². The predicted octanol–water partition coefficient (Wildman–Crippen LogP) is 5.74. The first kappa shape index (κ1) is 14.2. The van der Waals surface area contributed by atoms with Gasteiger partial charge in [-0.25, -0.2) is 0 Å². The maximum atomic E-state index is 6.16. The van der Waals surface area contributed by atoms with Gasteiger partial charge in [0.25, 0.3) is 0 Å². The summed E-state index contributed by atoms with van der Waals surface area (Å²) in [5, 5.41) is 5.39. The number of benzene rings is 2. The summed E-state index contributed by atoms with van der Waals surface area (Å²) < 4.78 is 6.49. The Labute approximate surface area is 133 Å². The van der Waals surface area contributed by atoms with Crippen molar-refractivity contribution in [2.45, 2.75) is 13.0 Å². The number of methoxy groups -OCH3 is 1. The summed E-state index contributed by atoms with van der Waals surface area (Å²) in [6, 6.07) is 16.7. The molecule has 0 saturated carbocycles. The molecule has 0 radical (unpaired) electrons. The van der Waals surface area contributed by atoms with E-state index in [-0.39, 0.29) is 6.04 Å². The number of fused-ring (bicyclic) bond motifs is 1. The van der Waals surface area contributed by atoms with Crippen LogP contribution < -0.4 is 10.1 Å². The average molecular weight is 318 g/mol. The highest BCUT2D eigenvalue weighted by Crippen LogP contribution is 2.33. The van der Waals surface area contributed by atoms with E-state index >= 15 is 0 Å². The Balaban J connectivity index is 1.82. The predicted molar refractivity (Wildman–Crippen MR) is 91.9 cm³/mol. The van der Waals surface area contributed by atoms with Crippen LogP contribution in [0.4, 0.5) is 5.69 Å². The summed E-state index contributed by atoms with van der Waals surface area (Å²) >= 11 is 7.98. The van der Waals surface area contributed by atoms with Crippen LogP contribution in [-0.4, -0.2) is 7.11 Å². The van der Waals surface area contributed by atoms with Crippen LogP contribution in [0.3, 0.4) is 0 Å². The monoisotopic (exact) mass is 317 g/mol. The molecule has 1 atom stereocenters. The van der Waals surface area contributed by atoms with Gasteiger partial charge in [0.15, 0.2) is 0 Å². The maximum Gasteiger partial charge on any atom is 0.137 e. The molecule has 0 bridgehead atoms. The minimum Gasteiger partial charge on any atom is -0.495 e. The molecule has 0 aliphatic heterocycles. The van der Waals surface area contributed by atoms with Gasteiger partial charge in [0.05, 0.1) is 18.2 Å². The Morgan fingerprint density at radius 3 is 2.67 bits per heavy atom. The average Bonchev–Trinajstić information content (AvgIpc) is 2.91. The maximum absolute atomic E-state index is 6.16. The lowest BCUT2D eigenvalue weighted by molar-refractivity contribution is 0.415. The largest absolute Gasteiger partial charge is 0.495 e. The SMILES string of the molecule is COc1ccc(NC(C)c2cc3ccccc3s2)cc1Cl. The van der Waals surface area contributed by atoms with E-state index in [4.69, 9.17) is 16.3 Å². The zero-order chi connectivity index (χ0) is 14.8. The second kappa shape index (κ2) is 5.96. The molecule has 0 fully saturated rings. The molecule has 0 aliphatic carbocycles. The number of hydrogen-bond donors (Lipinski definition) is 1. The van der Waals surface area contributed by atoms with E-state index in [1.165, 1.54) is 15.0 Å². The molecule has 1 unspecified atom stereocenters. The van der Waals surface area contributed by atoms with Crippen LogP contribution in [0.15, 0.2) is 48.5 Å². The Morgan fingerprint density at radius 2 is 1.95 bits per heavy atom. The summed E-state index contributed by atoms with van der Waals surface area (Å²) in [7, 11) is 1.62. The van der Waals surface area contributed by atoms with Crippen LogP contribution in [0, 0.1) is 0 Å². The Kier molecular flexibility index (Phi) is 4.04. The van der Waals surface area contributed by atoms with E-state index in [0.29, 0.717) is 10.8 Å². The second-order valence-electron chi connectivity index (χ2n) is 4.90. The van der Waals surface area contributed by atoms with Crippen LogP contribution in [0.5, 0.6) is 5.75 Å². The number of halogens is 1. The molecule has 2 nitrogen and oxygen atoms in total. The molecule has 21 heavy (non-hydrogen) atoms. The van der Waals surface area contributed by atoms with Crippen molar-refractivity contribution in [2.24, 2.45) is 0 Å².